The number of carbonyl (C=O) groups excluding carboxylic acids is 2. The van der Waals surface area contributed by atoms with Crippen LogP contribution in [0.4, 0.5) is 9.93 Å². The Balaban J connectivity index is 2.00. The molecule has 0 aliphatic carbocycles. The van der Waals surface area contributed by atoms with Crippen molar-refractivity contribution in [2.24, 2.45) is 0 Å². The number of carbonyl (C=O) groups is 2. The summed E-state index contributed by atoms with van der Waals surface area (Å²) in [7, 11) is 4.81. The zero-order chi connectivity index (χ0) is 17.7. The van der Waals surface area contributed by atoms with Gasteiger partial charge < -0.3 is 15.0 Å². The molecular formula is C15H19N5O3S. The second kappa shape index (κ2) is 7.73. The van der Waals surface area contributed by atoms with Gasteiger partial charge in [0.1, 0.15) is 16.8 Å². The molecule has 1 heterocycles. The highest BCUT2D eigenvalue weighted by Gasteiger charge is 2.18. The highest BCUT2D eigenvalue weighted by Crippen LogP contribution is 2.27. The summed E-state index contributed by atoms with van der Waals surface area (Å²) in [5, 5.41) is 14.3. The number of hydrogen-bond acceptors (Lipinski definition) is 6. The molecule has 3 amide bonds. The van der Waals surface area contributed by atoms with Crippen molar-refractivity contribution in [2.75, 3.05) is 26.5 Å². The normalized spacial score (nSPS) is 11.5. The molecule has 1 aromatic carbocycles. The zero-order valence-electron chi connectivity index (χ0n) is 13.9. The van der Waals surface area contributed by atoms with Crippen LogP contribution in [0.1, 0.15) is 6.92 Å². The van der Waals surface area contributed by atoms with Gasteiger partial charge in [0.15, 0.2) is 0 Å². The molecule has 0 aliphatic rings. The largest absolute Gasteiger partial charge is 0.497 e. The smallest absolute Gasteiger partial charge is 0.317 e. The zero-order valence-corrected chi connectivity index (χ0v) is 14.7. The Morgan fingerprint density at radius 3 is 2.46 bits per heavy atom. The molecule has 0 radical (unpaired) electrons. The van der Waals surface area contributed by atoms with E-state index in [4.69, 9.17) is 4.74 Å². The van der Waals surface area contributed by atoms with E-state index in [1.54, 1.807) is 28.1 Å². The molecule has 2 rings (SSSR count). The van der Waals surface area contributed by atoms with Gasteiger partial charge in [0.25, 0.3) is 0 Å². The van der Waals surface area contributed by atoms with Gasteiger partial charge in [-0.25, -0.2) is 4.79 Å². The van der Waals surface area contributed by atoms with Gasteiger partial charge in [0, 0.05) is 19.7 Å². The van der Waals surface area contributed by atoms with E-state index in [1.165, 1.54) is 16.2 Å². The van der Waals surface area contributed by atoms with Crippen LogP contribution < -0.4 is 15.4 Å². The first-order valence-electron chi connectivity index (χ1n) is 7.17. The van der Waals surface area contributed by atoms with Crippen molar-refractivity contribution in [2.45, 2.75) is 13.0 Å². The molecule has 1 atom stereocenters. The topological polar surface area (TPSA) is 96.5 Å². The molecule has 0 bridgehead atoms. The van der Waals surface area contributed by atoms with Crippen LogP contribution in [0.2, 0.25) is 0 Å². The summed E-state index contributed by atoms with van der Waals surface area (Å²) in [5.74, 6) is 0.393. The summed E-state index contributed by atoms with van der Waals surface area (Å²) in [6, 6.07) is 6.36. The van der Waals surface area contributed by atoms with Crippen LogP contribution in [0.25, 0.3) is 10.6 Å². The van der Waals surface area contributed by atoms with Crippen molar-refractivity contribution >= 4 is 28.4 Å². The fourth-order valence-corrected chi connectivity index (χ4v) is 2.47. The standard InChI is InChI=1S/C15H19N5O3S/c1-9(16-15(22)20(2)3)12(21)17-14-19-18-13(24-14)10-5-7-11(23-4)8-6-10/h5-9H,1-4H3,(H,16,22)(H,17,19,21)/t9-/m0/s1. The van der Waals surface area contributed by atoms with Crippen molar-refractivity contribution < 1.29 is 14.3 Å². The molecule has 2 aromatic rings. The molecule has 9 heteroatoms. The minimum atomic E-state index is -0.687. The van der Waals surface area contributed by atoms with Gasteiger partial charge in [-0.3, -0.25) is 10.1 Å². The molecule has 0 spiro atoms. The summed E-state index contributed by atoms with van der Waals surface area (Å²) >= 11 is 1.25. The molecule has 8 nitrogen and oxygen atoms in total. The summed E-state index contributed by atoms with van der Waals surface area (Å²) in [5.41, 5.74) is 0.878. The molecule has 0 unspecified atom stereocenters. The van der Waals surface area contributed by atoms with Crippen LogP contribution in [-0.2, 0) is 4.79 Å². The van der Waals surface area contributed by atoms with E-state index in [1.807, 2.05) is 24.3 Å². The van der Waals surface area contributed by atoms with Gasteiger partial charge in [0.05, 0.1) is 7.11 Å². The number of nitrogens with one attached hydrogen (secondary N) is 2. The number of amides is 3. The van der Waals surface area contributed by atoms with Crippen LogP contribution in [0.15, 0.2) is 24.3 Å². The second-order valence-corrected chi connectivity index (χ2v) is 6.17. The molecular weight excluding hydrogens is 330 g/mol. The van der Waals surface area contributed by atoms with Gasteiger partial charge >= 0.3 is 6.03 Å². The molecule has 24 heavy (non-hydrogen) atoms. The van der Waals surface area contributed by atoms with Crippen LogP contribution in [-0.4, -0.2) is 54.3 Å². The average molecular weight is 349 g/mol. The quantitative estimate of drug-likeness (QED) is 0.858. The van der Waals surface area contributed by atoms with Crippen molar-refractivity contribution in [1.29, 1.82) is 0 Å². The third-order valence-corrected chi connectivity index (χ3v) is 4.02. The number of hydrogen-bond donors (Lipinski definition) is 2. The summed E-state index contributed by atoms with van der Waals surface area (Å²) in [6.45, 7) is 1.60. The maximum atomic E-state index is 12.1. The number of rotatable bonds is 5. The molecule has 128 valence electrons. The molecule has 0 saturated carbocycles. The first-order chi connectivity index (χ1) is 11.4. The van der Waals surface area contributed by atoms with Gasteiger partial charge in [-0.2, -0.15) is 0 Å². The number of methoxy groups -OCH3 is 1. The number of benzene rings is 1. The van der Waals surface area contributed by atoms with Gasteiger partial charge in [-0.15, -0.1) is 10.2 Å². The minimum absolute atomic E-state index is 0.339. The van der Waals surface area contributed by atoms with E-state index < -0.39 is 6.04 Å². The number of anilines is 1. The summed E-state index contributed by atoms with van der Waals surface area (Å²) < 4.78 is 5.11. The van der Waals surface area contributed by atoms with Crippen molar-refractivity contribution in [3.63, 3.8) is 0 Å². The monoisotopic (exact) mass is 349 g/mol. The van der Waals surface area contributed by atoms with Crippen LogP contribution in [0, 0.1) is 0 Å². The first-order valence-corrected chi connectivity index (χ1v) is 7.99. The Hall–Kier alpha value is -2.68. The highest BCUT2D eigenvalue weighted by molar-refractivity contribution is 7.18. The lowest BCUT2D eigenvalue weighted by molar-refractivity contribution is -0.117. The fraction of sp³-hybridized carbons (Fsp3) is 0.333. The maximum Gasteiger partial charge on any atom is 0.317 e. The molecule has 1 aromatic heterocycles. The molecule has 0 fully saturated rings. The predicted molar refractivity (Wildman–Crippen MR) is 92.2 cm³/mol. The summed E-state index contributed by atoms with van der Waals surface area (Å²) in [6.07, 6.45) is 0. The minimum Gasteiger partial charge on any atom is -0.497 e. The third kappa shape index (κ3) is 4.42. The lowest BCUT2D eigenvalue weighted by atomic mass is 10.2. The lowest BCUT2D eigenvalue weighted by Crippen LogP contribution is -2.45. The van der Waals surface area contributed by atoms with Gasteiger partial charge in [-0.05, 0) is 31.2 Å². The van der Waals surface area contributed by atoms with E-state index in [9.17, 15) is 9.59 Å². The number of urea groups is 1. The Morgan fingerprint density at radius 1 is 1.21 bits per heavy atom. The lowest BCUT2D eigenvalue weighted by Gasteiger charge is -2.16. The molecule has 0 aliphatic heterocycles. The van der Waals surface area contributed by atoms with E-state index in [-0.39, 0.29) is 11.9 Å². The molecule has 2 N–H and O–H groups in total. The van der Waals surface area contributed by atoms with E-state index in [0.717, 1.165) is 11.3 Å². The van der Waals surface area contributed by atoms with Gasteiger partial charge in [0.2, 0.25) is 11.0 Å². The van der Waals surface area contributed by atoms with Crippen LogP contribution in [0.3, 0.4) is 0 Å². The van der Waals surface area contributed by atoms with E-state index >= 15 is 0 Å². The Bertz CT molecular complexity index is 714. The SMILES string of the molecule is COc1ccc(-c2nnc(NC(=O)[C@H](C)NC(=O)N(C)C)s2)cc1. The number of nitrogens with zero attached hydrogens (tertiary/aromatic N) is 3. The summed E-state index contributed by atoms with van der Waals surface area (Å²) in [4.78, 5) is 25.0. The van der Waals surface area contributed by atoms with Crippen molar-refractivity contribution in [3.05, 3.63) is 24.3 Å². The Labute approximate surface area is 143 Å². The van der Waals surface area contributed by atoms with Gasteiger partial charge in [-0.1, -0.05) is 11.3 Å². The Kier molecular flexibility index (Phi) is 5.69. The number of aromatic nitrogens is 2. The third-order valence-electron chi connectivity index (χ3n) is 3.13. The number of ether oxygens (including phenoxy) is 1. The predicted octanol–water partition coefficient (Wildman–Crippen LogP) is 1.81. The van der Waals surface area contributed by atoms with E-state index in [2.05, 4.69) is 20.8 Å². The van der Waals surface area contributed by atoms with Crippen LogP contribution >= 0.6 is 11.3 Å². The van der Waals surface area contributed by atoms with Crippen molar-refractivity contribution in [1.82, 2.24) is 20.4 Å². The van der Waals surface area contributed by atoms with Crippen molar-refractivity contribution in [3.8, 4) is 16.3 Å². The average Bonchev–Trinajstić information content (AvgIpc) is 3.03. The van der Waals surface area contributed by atoms with Crippen LogP contribution in [0.5, 0.6) is 5.75 Å². The first kappa shape index (κ1) is 17.7. The van der Waals surface area contributed by atoms with E-state index in [0.29, 0.717) is 10.1 Å². The molecule has 0 saturated heterocycles. The highest BCUT2D eigenvalue weighted by atomic mass is 32.1. The Morgan fingerprint density at radius 2 is 1.88 bits per heavy atom. The second-order valence-electron chi connectivity index (χ2n) is 5.20. The maximum absolute atomic E-state index is 12.1. The fourth-order valence-electron chi connectivity index (χ4n) is 1.72.